The molecule has 0 aliphatic carbocycles. The summed E-state index contributed by atoms with van der Waals surface area (Å²) >= 11 is 0. The summed E-state index contributed by atoms with van der Waals surface area (Å²) in [5.41, 5.74) is 0.389. The number of aromatic nitrogens is 2. The number of nitrogens with one attached hydrogen (secondary N) is 2. The molecule has 1 aromatic carbocycles. The maximum Gasteiger partial charge on any atom is 0.257 e. The summed E-state index contributed by atoms with van der Waals surface area (Å²) in [5, 5.41) is 8.88. The third-order valence-corrected chi connectivity index (χ3v) is 2.88. The highest BCUT2D eigenvalue weighted by molar-refractivity contribution is 5.95. The largest absolute Gasteiger partial charge is 0.345 e. The fourth-order valence-electron chi connectivity index (χ4n) is 1.71. The van der Waals surface area contributed by atoms with Crippen LogP contribution in [0.15, 0.2) is 24.5 Å². The maximum absolute atomic E-state index is 13.8. The number of aromatic amines is 1. The molecular formula is C13H13F2N3O. The molecular weight excluding hydrogens is 252 g/mol. The van der Waals surface area contributed by atoms with E-state index in [4.69, 9.17) is 0 Å². The SMILES string of the molecule is Cc1ccc(F)c(C(=O)NC(C)c2cn[nH]c2)c1F. The van der Waals surface area contributed by atoms with Crippen LogP contribution in [0.1, 0.15) is 34.5 Å². The van der Waals surface area contributed by atoms with Crippen LogP contribution in [-0.4, -0.2) is 16.1 Å². The maximum atomic E-state index is 13.8. The molecule has 1 amide bonds. The molecule has 0 aliphatic rings. The summed E-state index contributed by atoms with van der Waals surface area (Å²) in [5.74, 6) is -2.50. The van der Waals surface area contributed by atoms with Crippen LogP contribution >= 0.6 is 0 Å². The van der Waals surface area contributed by atoms with Gasteiger partial charge in [0, 0.05) is 11.8 Å². The predicted molar refractivity (Wildman–Crippen MR) is 65.6 cm³/mol. The molecule has 1 heterocycles. The number of halogens is 2. The van der Waals surface area contributed by atoms with Crippen molar-refractivity contribution in [3.8, 4) is 0 Å². The van der Waals surface area contributed by atoms with Gasteiger partial charge in [-0.25, -0.2) is 8.78 Å². The van der Waals surface area contributed by atoms with Crippen LogP contribution in [0.3, 0.4) is 0 Å². The zero-order chi connectivity index (χ0) is 14.0. The third-order valence-electron chi connectivity index (χ3n) is 2.88. The lowest BCUT2D eigenvalue weighted by Gasteiger charge is -2.13. The number of rotatable bonds is 3. The number of nitrogens with zero attached hydrogens (tertiary/aromatic N) is 1. The van der Waals surface area contributed by atoms with E-state index in [1.165, 1.54) is 19.2 Å². The van der Waals surface area contributed by atoms with Gasteiger partial charge < -0.3 is 5.32 Å². The zero-order valence-corrected chi connectivity index (χ0v) is 10.5. The molecule has 0 saturated carbocycles. The average molecular weight is 265 g/mol. The average Bonchev–Trinajstić information content (AvgIpc) is 2.88. The molecule has 4 nitrogen and oxygen atoms in total. The van der Waals surface area contributed by atoms with E-state index in [9.17, 15) is 13.6 Å². The molecule has 0 aliphatic heterocycles. The van der Waals surface area contributed by atoms with Crippen molar-refractivity contribution in [2.75, 3.05) is 0 Å². The molecule has 0 saturated heterocycles. The van der Waals surface area contributed by atoms with E-state index in [2.05, 4.69) is 15.5 Å². The molecule has 0 bridgehead atoms. The highest BCUT2D eigenvalue weighted by Crippen LogP contribution is 2.18. The summed E-state index contributed by atoms with van der Waals surface area (Å²) < 4.78 is 27.3. The Labute approximate surface area is 108 Å². The van der Waals surface area contributed by atoms with Crippen LogP contribution in [0, 0.1) is 18.6 Å². The third kappa shape index (κ3) is 2.62. The number of benzene rings is 1. The number of H-pyrrole nitrogens is 1. The Balaban J connectivity index is 2.23. The predicted octanol–water partition coefficient (Wildman–Crippen LogP) is 2.49. The first kappa shape index (κ1) is 13.2. The molecule has 2 N–H and O–H groups in total. The van der Waals surface area contributed by atoms with E-state index in [-0.39, 0.29) is 5.56 Å². The summed E-state index contributed by atoms with van der Waals surface area (Å²) in [4.78, 5) is 11.9. The minimum Gasteiger partial charge on any atom is -0.345 e. The fourth-order valence-corrected chi connectivity index (χ4v) is 1.71. The van der Waals surface area contributed by atoms with Gasteiger partial charge in [0.05, 0.1) is 12.2 Å². The van der Waals surface area contributed by atoms with Crippen molar-refractivity contribution in [3.63, 3.8) is 0 Å². The van der Waals surface area contributed by atoms with E-state index in [1.807, 2.05) is 0 Å². The molecule has 1 unspecified atom stereocenters. The lowest BCUT2D eigenvalue weighted by Crippen LogP contribution is -2.28. The Morgan fingerprint density at radius 2 is 2.16 bits per heavy atom. The minimum absolute atomic E-state index is 0.225. The van der Waals surface area contributed by atoms with Crippen LogP contribution in [0.4, 0.5) is 8.78 Å². The van der Waals surface area contributed by atoms with Crippen molar-refractivity contribution >= 4 is 5.91 Å². The molecule has 2 aromatic rings. The van der Waals surface area contributed by atoms with E-state index < -0.39 is 29.1 Å². The number of carbonyl (C=O) groups excluding carboxylic acids is 1. The van der Waals surface area contributed by atoms with E-state index in [0.717, 1.165) is 11.6 Å². The molecule has 2 rings (SSSR count). The summed E-state index contributed by atoms with van der Waals surface area (Å²) in [6, 6.07) is 1.97. The van der Waals surface area contributed by atoms with Crippen LogP contribution in [-0.2, 0) is 0 Å². The Bertz CT molecular complexity index is 596. The van der Waals surface area contributed by atoms with Gasteiger partial charge in [0.15, 0.2) is 0 Å². The molecule has 100 valence electrons. The van der Waals surface area contributed by atoms with E-state index in [0.29, 0.717) is 0 Å². The van der Waals surface area contributed by atoms with Gasteiger partial charge in [-0.15, -0.1) is 0 Å². The topological polar surface area (TPSA) is 57.8 Å². The first-order chi connectivity index (χ1) is 9.00. The quantitative estimate of drug-likeness (QED) is 0.895. The first-order valence-corrected chi connectivity index (χ1v) is 5.75. The highest BCUT2D eigenvalue weighted by Gasteiger charge is 2.21. The smallest absolute Gasteiger partial charge is 0.257 e. The summed E-state index contributed by atoms with van der Waals surface area (Å²) in [7, 11) is 0. The monoisotopic (exact) mass is 265 g/mol. The van der Waals surface area contributed by atoms with Gasteiger partial charge in [-0.3, -0.25) is 9.89 Å². The molecule has 0 fully saturated rings. The van der Waals surface area contributed by atoms with Crippen molar-refractivity contribution < 1.29 is 13.6 Å². The van der Waals surface area contributed by atoms with Crippen LogP contribution < -0.4 is 5.32 Å². The minimum atomic E-state index is -0.875. The van der Waals surface area contributed by atoms with Gasteiger partial charge in [0.2, 0.25) is 0 Å². The second-order valence-electron chi connectivity index (χ2n) is 4.28. The Hall–Kier alpha value is -2.24. The zero-order valence-electron chi connectivity index (χ0n) is 10.5. The standard InChI is InChI=1S/C13H13F2N3O/c1-7-3-4-10(14)11(12(7)15)13(19)18-8(2)9-5-16-17-6-9/h3-6,8H,1-2H3,(H,16,17)(H,18,19). The molecule has 0 radical (unpaired) electrons. The van der Waals surface area contributed by atoms with Crippen molar-refractivity contribution in [3.05, 3.63) is 52.9 Å². The summed E-state index contributed by atoms with van der Waals surface area (Å²) in [6.07, 6.45) is 3.14. The fraction of sp³-hybridized carbons (Fsp3) is 0.231. The molecule has 0 spiro atoms. The van der Waals surface area contributed by atoms with Crippen molar-refractivity contribution in [1.29, 1.82) is 0 Å². The van der Waals surface area contributed by atoms with Gasteiger partial charge in [-0.2, -0.15) is 5.10 Å². The van der Waals surface area contributed by atoms with Crippen LogP contribution in [0.25, 0.3) is 0 Å². The first-order valence-electron chi connectivity index (χ1n) is 5.75. The number of amides is 1. The number of carbonyl (C=O) groups is 1. The second-order valence-corrected chi connectivity index (χ2v) is 4.28. The summed E-state index contributed by atoms with van der Waals surface area (Å²) in [6.45, 7) is 3.18. The van der Waals surface area contributed by atoms with Crippen molar-refractivity contribution in [2.45, 2.75) is 19.9 Å². The molecule has 1 aromatic heterocycles. The van der Waals surface area contributed by atoms with Gasteiger partial charge in [-0.05, 0) is 25.5 Å². The van der Waals surface area contributed by atoms with E-state index >= 15 is 0 Å². The number of hydrogen-bond acceptors (Lipinski definition) is 2. The number of hydrogen-bond donors (Lipinski definition) is 2. The highest BCUT2D eigenvalue weighted by atomic mass is 19.1. The van der Waals surface area contributed by atoms with Gasteiger partial charge >= 0.3 is 0 Å². The van der Waals surface area contributed by atoms with Crippen LogP contribution in [0.2, 0.25) is 0 Å². The second kappa shape index (κ2) is 5.17. The van der Waals surface area contributed by atoms with Crippen molar-refractivity contribution in [1.82, 2.24) is 15.5 Å². The van der Waals surface area contributed by atoms with Crippen LogP contribution in [0.5, 0.6) is 0 Å². The van der Waals surface area contributed by atoms with Gasteiger partial charge in [0.25, 0.3) is 5.91 Å². The Morgan fingerprint density at radius 1 is 1.42 bits per heavy atom. The van der Waals surface area contributed by atoms with E-state index in [1.54, 1.807) is 13.1 Å². The van der Waals surface area contributed by atoms with Gasteiger partial charge in [0.1, 0.15) is 17.2 Å². The molecule has 19 heavy (non-hydrogen) atoms. The number of aryl methyl sites for hydroxylation is 1. The Morgan fingerprint density at radius 3 is 2.79 bits per heavy atom. The molecule has 1 atom stereocenters. The van der Waals surface area contributed by atoms with Gasteiger partial charge in [-0.1, -0.05) is 6.07 Å². The Kier molecular flexibility index (Phi) is 3.59. The lowest BCUT2D eigenvalue weighted by molar-refractivity contribution is 0.0931. The normalized spacial score (nSPS) is 12.2. The van der Waals surface area contributed by atoms with Crippen molar-refractivity contribution in [2.24, 2.45) is 0 Å². The molecule has 6 heteroatoms. The lowest BCUT2D eigenvalue weighted by atomic mass is 10.1.